The predicted molar refractivity (Wildman–Crippen MR) is 66.5 cm³/mol. The van der Waals surface area contributed by atoms with Crippen LogP contribution in [0.25, 0.3) is 0 Å². The van der Waals surface area contributed by atoms with E-state index < -0.39 is 5.91 Å². The number of likely N-dealkylation sites (N-methyl/N-ethyl adjacent to an activating group) is 1. The molecule has 17 heavy (non-hydrogen) atoms. The SMILES string of the molecule is CCN1CCN(C(=O)C(=O)NCC(C)C)CC1. The second-order valence-electron chi connectivity index (χ2n) is 4.83. The van der Waals surface area contributed by atoms with Gasteiger partial charge in [-0.1, -0.05) is 20.8 Å². The highest BCUT2D eigenvalue weighted by atomic mass is 16.2. The van der Waals surface area contributed by atoms with Crippen molar-refractivity contribution in [3.8, 4) is 0 Å². The van der Waals surface area contributed by atoms with Crippen molar-refractivity contribution in [2.24, 2.45) is 5.92 Å². The molecule has 1 saturated heterocycles. The number of nitrogens with one attached hydrogen (secondary N) is 1. The third kappa shape index (κ3) is 4.34. The van der Waals surface area contributed by atoms with E-state index in [1.807, 2.05) is 13.8 Å². The molecule has 0 atom stereocenters. The van der Waals surface area contributed by atoms with Crippen molar-refractivity contribution in [3.05, 3.63) is 0 Å². The van der Waals surface area contributed by atoms with E-state index in [2.05, 4.69) is 17.1 Å². The number of hydrogen-bond donors (Lipinski definition) is 1. The molecule has 0 saturated carbocycles. The Bertz CT molecular complexity index is 271. The Kier molecular flexibility index (Phi) is 5.41. The number of hydrogen-bond acceptors (Lipinski definition) is 3. The van der Waals surface area contributed by atoms with E-state index in [0.717, 1.165) is 19.6 Å². The largest absolute Gasteiger partial charge is 0.348 e. The predicted octanol–water partition coefficient (Wildman–Crippen LogP) is -0.0773. The topological polar surface area (TPSA) is 52.7 Å². The molecule has 1 aliphatic rings. The quantitative estimate of drug-likeness (QED) is 0.703. The summed E-state index contributed by atoms with van der Waals surface area (Å²) < 4.78 is 0. The third-order valence-corrected chi connectivity index (χ3v) is 2.97. The highest BCUT2D eigenvalue weighted by Crippen LogP contribution is 2.01. The fourth-order valence-electron chi connectivity index (χ4n) is 1.78. The number of carbonyl (C=O) groups excluding carboxylic acids is 2. The normalized spacial score (nSPS) is 17.3. The lowest BCUT2D eigenvalue weighted by Gasteiger charge is -2.33. The van der Waals surface area contributed by atoms with Crippen LogP contribution in [0.5, 0.6) is 0 Å². The maximum Gasteiger partial charge on any atom is 0.311 e. The van der Waals surface area contributed by atoms with Crippen molar-refractivity contribution >= 4 is 11.8 Å². The van der Waals surface area contributed by atoms with Gasteiger partial charge in [0.25, 0.3) is 0 Å². The molecule has 1 N–H and O–H groups in total. The van der Waals surface area contributed by atoms with E-state index in [-0.39, 0.29) is 5.91 Å². The standard InChI is InChI=1S/C12H23N3O2/c1-4-14-5-7-15(8-6-14)12(17)11(16)13-9-10(2)3/h10H,4-9H2,1-3H3,(H,13,16). The molecular formula is C12H23N3O2. The van der Waals surface area contributed by atoms with Crippen LogP contribution in [0.1, 0.15) is 20.8 Å². The fraction of sp³-hybridized carbons (Fsp3) is 0.833. The van der Waals surface area contributed by atoms with Crippen LogP contribution < -0.4 is 5.32 Å². The molecule has 0 unspecified atom stereocenters. The Morgan fingerprint density at radius 3 is 2.24 bits per heavy atom. The van der Waals surface area contributed by atoms with Crippen molar-refractivity contribution in [3.63, 3.8) is 0 Å². The van der Waals surface area contributed by atoms with Gasteiger partial charge in [0, 0.05) is 32.7 Å². The zero-order chi connectivity index (χ0) is 12.8. The van der Waals surface area contributed by atoms with Gasteiger partial charge in [0.1, 0.15) is 0 Å². The molecule has 0 radical (unpaired) electrons. The Balaban J connectivity index is 2.35. The Morgan fingerprint density at radius 1 is 1.18 bits per heavy atom. The minimum Gasteiger partial charge on any atom is -0.348 e. The molecular weight excluding hydrogens is 218 g/mol. The van der Waals surface area contributed by atoms with Crippen LogP contribution in [0.2, 0.25) is 0 Å². The van der Waals surface area contributed by atoms with Crippen molar-refractivity contribution in [1.82, 2.24) is 15.1 Å². The van der Waals surface area contributed by atoms with Crippen LogP contribution in [-0.2, 0) is 9.59 Å². The molecule has 1 fully saturated rings. The van der Waals surface area contributed by atoms with Crippen molar-refractivity contribution in [2.45, 2.75) is 20.8 Å². The molecule has 0 aromatic heterocycles. The van der Waals surface area contributed by atoms with Gasteiger partial charge in [-0.25, -0.2) is 0 Å². The van der Waals surface area contributed by atoms with Gasteiger partial charge in [-0.3, -0.25) is 9.59 Å². The first-order valence-corrected chi connectivity index (χ1v) is 6.34. The van der Waals surface area contributed by atoms with Crippen molar-refractivity contribution in [2.75, 3.05) is 39.3 Å². The Labute approximate surface area is 103 Å². The van der Waals surface area contributed by atoms with E-state index in [1.54, 1.807) is 4.90 Å². The van der Waals surface area contributed by atoms with E-state index in [1.165, 1.54) is 0 Å². The average molecular weight is 241 g/mol. The summed E-state index contributed by atoms with van der Waals surface area (Å²) in [6.07, 6.45) is 0. The lowest BCUT2D eigenvalue weighted by Crippen LogP contribution is -2.52. The van der Waals surface area contributed by atoms with Crippen LogP contribution >= 0.6 is 0 Å². The van der Waals surface area contributed by atoms with E-state index >= 15 is 0 Å². The first-order chi connectivity index (χ1) is 8.04. The van der Waals surface area contributed by atoms with Crippen molar-refractivity contribution < 1.29 is 9.59 Å². The fourth-order valence-corrected chi connectivity index (χ4v) is 1.78. The molecule has 5 heteroatoms. The number of nitrogens with zero attached hydrogens (tertiary/aromatic N) is 2. The summed E-state index contributed by atoms with van der Waals surface area (Å²) in [5.41, 5.74) is 0. The van der Waals surface area contributed by atoms with Gasteiger partial charge in [0.05, 0.1) is 0 Å². The third-order valence-electron chi connectivity index (χ3n) is 2.97. The van der Waals surface area contributed by atoms with Crippen LogP contribution in [0.3, 0.4) is 0 Å². The minimum atomic E-state index is -0.469. The molecule has 5 nitrogen and oxygen atoms in total. The van der Waals surface area contributed by atoms with Crippen LogP contribution in [0.15, 0.2) is 0 Å². The van der Waals surface area contributed by atoms with E-state index in [4.69, 9.17) is 0 Å². The zero-order valence-corrected chi connectivity index (χ0v) is 11.0. The molecule has 0 aromatic rings. The minimum absolute atomic E-state index is 0.365. The van der Waals surface area contributed by atoms with E-state index in [0.29, 0.717) is 25.6 Å². The molecule has 1 rings (SSSR count). The lowest BCUT2D eigenvalue weighted by atomic mass is 10.2. The monoisotopic (exact) mass is 241 g/mol. The summed E-state index contributed by atoms with van der Waals surface area (Å²) in [6.45, 7) is 10.7. The Morgan fingerprint density at radius 2 is 1.76 bits per heavy atom. The molecule has 0 spiro atoms. The number of amides is 2. The number of piperazine rings is 1. The highest BCUT2D eigenvalue weighted by molar-refractivity contribution is 6.35. The number of rotatable bonds is 3. The molecule has 0 aromatic carbocycles. The molecule has 0 aliphatic carbocycles. The van der Waals surface area contributed by atoms with Gasteiger partial charge < -0.3 is 15.1 Å². The Hall–Kier alpha value is -1.10. The maximum atomic E-state index is 11.8. The second kappa shape index (κ2) is 6.59. The van der Waals surface area contributed by atoms with Gasteiger partial charge in [-0.15, -0.1) is 0 Å². The lowest BCUT2D eigenvalue weighted by molar-refractivity contribution is -0.147. The first kappa shape index (κ1) is 14.0. The summed E-state index contributed by atoms with van der Waals surface area (Å²) in [5.74, 6) is -0.492. The maximum absolute atomic E-state index is 11.8. The summed E-state index contributed by atoms with van der Waals surface area (Å²) in [4.78, 5) is 27.3. The van der Waals surface area contributed by atoms with Crippen molar-refractivity contribution in [1.29, 1.82) is 0 Å². The summed E-state index contributed by atoms with van der Waals surface area (Å²) in [5, 5.41) is 2.66. The summed E-state index contributed by atoms with van der Waals surface area (Å²) >= 11 is 0. The molecule has 98 valence electrons. The molecule has 1 heterocycles. The van der Waals surface area contributed by atoms with Crippen LogP contribution in [-0.4, -0.2) is 60.9 Å². The highest BCUT2D eigenvalue weighted by Gasteiger charge is 2.25. The number of carbonyl (C=O) groups is 2. The van der Waals surface area contributed by atoms with Gasteiger partial charge in [0.15, 0.2) is 0 Å². The first-order valence-electron chi connectivity index (χ1n) is 6.34. The van der Waals surface area contributed by atoms with Crippen LogP contribution in [0, 0.1) is 5.92 Å². The molecule has 0 bridgehead atoms. The smallest absolute Gasteiger partial charge is 0.311 e. The average Bonchev–Trinajstić information content (AvgIpc) is 2.35. The van der Waals surface area contributed by atoms with Gasteiger partial charge in [-0.2, -0.15) is 0 Å². The van der Waals surface area contributed by atoms with E-state index in [9.17, 15) is 9.59 Å². The summed E-state index contributed by atoms with van der Waals surface area (Å²) in [6, 6.07) is 0. The molecule has 2 amide bonds. The van der Waals surface area contributed by atoms with Gasteiger partial charge in [-0.05, 0) is 12.5 Å². The van der Waals surface area contributed by atoms with Gasteiger partial charge >= 0.3 is 11.8 Å². The zero-order valence-electron chi connectivity index (χ0n) is 11.0. The van der Waals surface area contributed by atoms with Gasteiger partial charge in [0.2, 0.25) is 0 Å². The molecule has 1 aliphatic heterocycles. The summed E-state index contributed by atoms with van der Waals surface area (Å²) in [7, 11) is 0. The van der Waals surface area contributed by atoms with Crippen LogP contribution in [0.4, 0.5) is 0 Å². The second-order valence-corrected chi connectivity index (χ2v) is 4.83.